The minimum absolute atomic E-state index is 0.119. The Bertz CT molecular complexity index is 1230. The van der Waals surface area contributed by atoms with Crippen LogP contribution in [0.1, 0.15) is 12.6 Å². The van der Waals surface area contributed by atoms with Crippen LogP contribution in [0.5, 0.6) is 0 Å². The Balaban J connectivity index is 1.48. The molecule has 15 nitrogen and oxygen atoms in total. The molecule has 4 rings (SSSR count). The van der Waals surface area contributed by atoms with Crippen LogP contribution in [0.4, 0.5) is 9.93 Å². The van der Waals surface area contributed by atoms with Crippen LogP contribution in [0.2, 0.25) is 0 Å². The SMILES string of the molecule is CON=C(C(=O)NC1C(=O)N2CC(OC(=O)n3ccnc3)(C(=O)O)C(C)S[C@H]12)c1csc(NC=O)n1. The van der Waals surface area contributed by atoms with Crippen molar-refractivity contribution in [3.63, 3.8) is 0 Å². The van der Waals surface area contributed by atoms with E-state index in [1.165, 1.54) is 36.1 Å². The van der Waals surface area contributed by atoms with E-state index in [9.17, 15) is 29.1 Å². The van der Waals surface area contributed by atoms with E-state index in [-0.39, 0.29) is 16.5 Å². The lowest BCUT2D eigenvalue weighted by Crippen LogP contribution is -2.77. The molecule has 190 valence electrons. The number of anilines is 1. The number of thiazole rings is 1. The molecular formula is C19H19N7O8S2. The van der Waals surface area contributed by atoms with Crippen molar-refractivity contribution in [3.05, 3.63) is 29.8 Å². The first kappa shape index (κ1) is 25.1. The minimum atomic E-state index is -2.02. The molecule has 2 saturated heterocycles. The van der Waals surface area contributed by atoms with Crippen LogP contribution < -0.4 is 10.6 Å². The summed E-state index contributed by atoms with van der Waals surface area (Å²) in [5.74, 6) is -2.73. The number of carbonyl (C=O) groups excluding carboxylic acids is 4. The molecule has 0 saturated carbocycles. The van der Waals surface area contributed by atoms with E-state index in [1.54, 1.807) is 6.92 Å². The first-order valence-corrected chi connectivity index (χ1v) is 12.0. The van der Waals surface area contributed by atoms with E-state index >= 15 is 0 Å². The van der Waals surface area contributed by atoms with Gasteiger partial charge in [-0.2, -0.15) is 0 Å². The van der Waals surface area contributed by atoms with Crippen molar-refractivity contribution in [1.82, 2.24) is 24.8 Å². The number of hydrogen-bond acceptors (Lipinski definition) is 12. The molecule has 0 aliphatic carbocycles. The maximum absolute atomic E-state index is 12.9. The predicted octanol–water partition coefficient (Wildman–Crippen LogP) is -0.445. The quantitative estimate of drug-likeness (QED) is 0.171. The van der Waals surface area contributed by atoms with E-state index in [2.05, 4.69) is 25.8 Å². The molecular weight excluding hydrogens is 518 g/mol. The summed E-state index contributed by atoms with van der Waals surface area (Å²) >= 11 is 2.13. The van der Waals surface area contributed by atoms with Gasteiger partial charge in [-0.3, -0.25) is 14.4 Å². The summed E-state index contributed by atoms with van der Waals surface area (Å²) in [6.45, 7) is 1.16. The Morgan fingerprint density at radius 2 is 2.17 bits per heavy atom. The second-order valence-electron chi connectivity index (χ2n) is 7.54. The zero-order valence-corrected chi connectivity index (χ0v) is 20.3. The predicted molar refractivity (Wildman–Crippen MR) is 124 cm³/mol. The number of nitrogens with one attached hydrogen (secondary N) is 2. The second kappa shape index (κ2) is 9.94. The minimum Gasteiger partial charge on any atom is -0.478 e. The van der Waals surface area contributed by atoms with Crippen molar-refractivity contribution in [2.45, 2.75) is 29.2 Å². The Kier molecular flexibility index (Phi) is 6.93. The van der Waals surface area contributed by atoms with Crippen LogP contribution in [-0.4, -0.2) is 96.5 Å². The highest BCUT2D eigenvalue weighted by molar-refractivity contribution is 8.00. The summed E-state index contributed by atoms with van der Waals surface area (Å²) in [6, 6.07) is -0.991. The van der Waals surface area contributed by atoms with Crippen LogP contribution in [0.15, 0.2) is 29.3 Å². The molecule has 2 aromatic rings. The van der Waals surface area contributed by atoms with Gasteiger partial charge in [-0.05, 0) is 6.92 Å². The Morgan fingerprint density at radius 1 is 1.39 bits per heavy atom. The zero-order chi connectivity index (χ0) is 26.0. The number of ether oxygens (including phenoxy) is 1. The first-order valence-electron chi connectivity index (χ1n) is 10.2. The number of aliphatic carboxylic acids is 1. The first-order chi connectivity index (χ1) is 17.2. The van der Waals surface area contributed by atoms with E-state index in [4.69, 9.17) is 9.57 Å². The molecule has 17 heteroatoms. The summed E-state index contributed by atoms with van der Waals surface area (Å²) in [5.41, 5.74) is -2.12. The number of amides is 3. The van der Waals surface area contributed by atoms with Gasteiger partial charge in [0.25, 0.3) is 5.91 Å². The standard InChI is InChI=1S/C19H19N7O8S2/c1-9-19(16(30)31,34-18(32)25-4-3-20-7-25)6-26-14(29)12(15(26)36-9)23-13(28)11(24-33-2)10-5-35-17(22-10)21-8-27/h3-5,7-9,12,15H,6H2,1-2H3,(H,23,28)(H,30,31)(H,21,22,27)/t9?,12?,15-,19?/m1/s1. The number of thioether (sulfide) groups is 1. The molecule has 3 amide bonds. The van der Waals surface area contributed by atoms with Crippen LogP contribution in [0.25, 0.3) is 0 Å². The molecule has 3 unspecified atom stereocenters. The number of oxime groups is 1. The summed E-state index contributed by atoms with van der Waals surface area (Å²) in [4.78, 5) is 74.9. The molecule has 2 aliphatic rings. The number of carboxylic acids is 1. The fraction of sp³-hybridized carbons (Fsp3) is 0.368. The Morgan fingerprint density at radius 3 is 2.81 bits per heavy atom. The molecule has 0 bridgehead atoms. The average molecular weight is 538 g/mol. The average Bonchev–Trinajstić information content (AvgIpc) is 3.55. The number of imidazole rings is 1. The van der Waals surface area contributed by atoms with E-state index in [1.807, 2.05) is 0 Å². The third-order valence-electron chi connectivity index (χ3n) is 5.51. The number of carbonyl (C=O) groups is 5. The Hall–Kier alpha value is -3.99. The molecule has 2 fully saturated rings. The summed E-state index contributed by atoms with van der Waals surface area (Å²) in [6.07, 6.45) is 3.29. The lowest BCUT2D eigenvalue weighted by atomic mass is 9.94. The highest BCUT2D eigenvalue weighted by Gasteiger charge is 2.62. The highest BCUT2D eigenvalue weighted by atomic mass is 32.2. The lowest BCUT2D eigenvalue weighted by molar-refractivity contribution is -0.169. The topological polar surface area (TPSA) is 194 Å². The van der Waals surface area contributed by atoms with Gasteiger partial charge >= 0.3 is 12.1 Å². The van der Waals surface area contributed by atoms with Gasteiger partial charge in [0.05, 0.1) is 11.8 Å². The molecule has 2 aromatic heterocycles. The van der Waals surface area contributed by atoms with Crippen LogP contribution in [0.3, 0.4) is 0 Å². The van der Waals surface area contributed by atoms with E-state index < -0.39 is 52.7 Å². The van der Waals surface area contributed by atoms with Crippen molar-refractivity contribution in [2.75, 3.05) is 19.0 Å². The molecule has 3 N–H and O–H groups in total. The Labute approximate surface area is 210 Å². The van der Waals surface area contributed by atoms with Gasteiger partial charge in [0.2, 0.25) is 17.9 Å². The zero-order valence-electron chi connectivity index (χ0n) is 18.7. The summed E-state index contributed by atoms with van der Waals surface area (Å²) in [5, 5.41) is 18.9. The normalized spacial score (nSPS) is 25.3. The fourth-order valence-electron chi connectivity index (χ4n) is 3.66. The lowest BCUT2D eigenvalue weighted by Gasteiger charge is -2.55. The van der Waals surface area contributed by atoms with Gasteiger partial charge in [-0.1, -0.05) is 5.16 Å². The smallest absolute Gasteiger partial charge is 0.420 e. The summed E-state index contributed by atoms with van der Waals surface area (Å²) < 4.78 is 6.36. The summed E-state index contributed by atoms with van der Waals surface area (Å²) in [7, 11) is 1.23. The molecule has 2 aliphatic heterocycles. The number of β-lactam (4-membered cyclic amide) rings is 1. The van der Waals surface area contributed by atoms with Crippen molar-refractivity contribution in [1.29, 1.82) is 0 Å². The number of hydrogen-bond donors (Lipinski definition) is 3. The molecule has 0 spiro atoms. The monoisotopic (exact) mass is 537 g/mol. The molecule has 0 radical (unpaired) electrons. The van der Waals surface area contributed by atoms with Crippen LogP contribution >= 0.6 is 23.1 Å². The number of aromatic nitrogens is 3. The molecule has 4 atom stereocenters. The van der Waals surface area contributed by atoms with Gasteiger partial charge in [0, 0.05) is 17.8 Å². The van der Waals surface area contributed by atoms with Crippen molar-refractivity contribution in [2.24, 2.45) is 5.16 Å². The third kappa shape index (κ3) is 4.37. The maximum atomic E-state index is 12.9. The second-order valence-corrected chi connectivity index (χ2v) is 9.86. The van der Waals surface area contributed by atoms with Crippen LogP contribution in [-0.2, 0) is 28.8 Å². The number of rotatable bonds is 8. The van der Waals surface area contributed by atoms with E-state index in [0.29, 0.717) is 6.41 Å². The maximum Gasteiger partial charge on any atom is 0.420 e. The van der Waals surface area contributed by atoms with E-state index in [0.717, 1.165) is 27.7 Å². The molecule has 36 heavy (non-hydrogen) atoms. The largest absolute Gasteiger partial charge is 0.478 e. The molecule has 0 aromatic carbocycles. The van der Waals surface area contributed by atoms with Crippen LogP contribution in [0, 0.1) is 0 Å². The molecule has 4 heterocycles. The number of fused-ring (bicyclic) bond motifs is 1. The third-order valence-corrected chi connectivity index (χ3v) is 7.88. The van der Waals surface area contributed by atoms with Gasteiger partial charge in [0.1, 0.15) is 30.5 Å². The number of carboxylic acid groups (broad SMARTS) is 1. The van der Waals surface area contributed by atoms with Gasteiger partial charge in [-0.15, -0.1) is 23.1 Å². The van der Waals surface area contributed by atoms with Crippen molar-refractivity contribution in [3.8, 4) is 0 Å². The fourth-order valence-corrected chi connectivity index (χ4v) is 5.84. The van der Waals surface area contributed by atoms with Gasteiger partial charge in [-0.25, -0.2) is 24.1 Å². The van der Waals surface area contributed by atoms with Gasteiger partial charge < -0.3 is 30.2 Å². The highest BCUT2D eigenvalue weighted by Crippen LogP contribution is 2.44. The van der Waals surface area contributed by atoms with Gasteiger partial charge in [0.15, 0.2) is 10.8 Å². The van der Waals surface area contributed by atoms with Crippen molar-refractivity contribution >= 4 is 64.2 Å². The van der Waals surface area contributed by atoms with Crippen molar-refractivity contribution < 1.29 is 38.7 Å². The number of nitrogens with zero attached hydrogens (tertiary/aromatic N) is 5.